The average Bonchev–Trinajstić information content (AvgIpc) is 2.32. The number of aromatic nitrogens is 2. The van der Waals surface area contributed by atoms with E-state index in [0.717, 1.165) is 10.8 Å². The van der Waals surface area contributed by atoms with Crippen molar-refractivity contribution >= 4 is 5.69 Å². The van der Waals surface area contributed by atoms with E-state index in [0.29, 0.717) is 0 Å². The second-order valence-corrected chi connectivity index (χ2v) is 3.68. The van der Waals surface area contributed by atoms with Crippen LogP contribution in [0.25, 0.3) is 0 Å². The predicted molar refractivity (Wildman–Crippen MR) is 61.2 cm³/mol. The molecule has 0 spiro atoms. The van der Waals surface area contributed by atoms with E-state index in [-0.39, 0.29) is 17.8 Å². The molecule has 0 saturated heterocycles. The van der Waals surface area contributed by atoms with Crippen molar-refractivity contribution in [2.24, 2.45) is 0 Å². The summed E-state index contributed by atoms with van der Waals surface area (Å²) in [7, 11) is 0. The molecule has 0 radical (unpaired) electrons. The van der Waals surface area contributed by atoms with Crippen LogP contribution in [0.15, 0.2) is 34.0 Å². The van der Waals surface area contributed by atoms with Crippen LogP contribution >= 0.6 is 0 Å². The summed E-state index contributed by atoms with van der Waals surface area (Å²) >= 11 is 0. The maximum absolute atomic E-state index is 13.6. The zero-order chi connectivity index (χ0) is 13.3. The van der Waals surface area contributed by atoms with Gasteiger partial charge in [-0.3, -0.25) is 14.3 Å². The van der Waals surface area contributed by atoms with Crippen LogP contribution in [-0.4, -0.2) is 9.55 Å². The third-order valence-corrected chi connectivity index (χ3v) is 2.42. The quantitative estimate of drug-likeness (QED) is 0.762. The van der Waals surface area contributed by atoms with Gasteiger partial charge in [0, 0.05) is 5.56 Å². The number of aromatic amines is 1. The molecule has 0 saturated carbocycles. The molecule has 1 heterocycles. The Kier molecular flexibility index (Phi) is 2.97. The molecule has 18 heavy (non-hydrogen) atoms. The van der Waals surface area contributed by atoms with Crippen molar-refractivity contribution in [1.29, 1.82) is 0 Å². The highest BCUT2D eigenvalue weighted by Crippen LogP contribution is 2.14. The molecular formula is C11H9F2N3O2. The Labute approximate surface area is 99.5 Å². The first kappa shape index (κ1) is 12.0. The lowest BCUT2D eigenvalue weighted by molar-refractivity contribution is 0.554. The lowest BCUT2D eigenvalue weighted by atomic mass is 10.2. The number of benzene rings is 1. The number of nitrogen functional groups attached to an aromatic ring is 1. The monoisotopic (exact) mass is 253 g/mol. The maximum Gasteiger partial charge on any atom is 0.328 e. The van der Waals surface area contributed by atoms with E-state index < -0.39 is 22.9 Å². The molecule has 0 aliphatic carbocycles. The zero-order valence-electron chi connectivity index (χ0n) is 9.11. The van der Waals surface area contributed by atoms with Crippen molar-refractivity contribution < 1.29 is 8.78 Å². The molecule has 5 nitrogen and oxygen atoms in total. The van der Waals surface area contributed by atoms with Crippen molar-refractivity contribution in [3.63, 3.8) is 0 Å². The van der Waals surface area contributed by atoms with Gasteiger partial charge >= 0.3 is 5.69 Å². The molecule has 0 aliphatic rings. The molecular weight excluding hydrogens is 244 g/mol. The normalized spacial score (nSPS) is 10.6. The summed E-state index contributed by atoms with van der Waals surface area (Å²) < 4.78 is 27.5. The molecule has 3 N–H and O–H groups in total. The summed E-state index contributed by atoms with van der Waals surface area (Å²) in [5, 5.41) is 0. The summed E-state index contributed by atoms with van der Waals surface area (Å²) in [5.41, 5.74) is 3.51. The van der Waals surface area contributed by atoms with E-state index in [1.807, 2.05) is 0 Å². The molecule has 0 aliphatic heterocycles. The van der Waals surface area contributed by atoms with Crippen molar-refractivity contribution in [2.45, 2.75) is 6.54 Å². The standard InChI is InChI=1S/C11H9F2N3O2/c12-7-5-16(11(18)15-10(7)17)4-6-2-1-3-8(14)9(6)13/h1-3,5H,4,14H2,(H,15,17,18). The van der Waals surface area contributed by atoms with Crippen LogP contribution in [0.5, 0.6) is 0 Å². The molecule has 0 amide bonds. The minimum absolute atomic E-state index is 0.0644. The number of anilines is 1. The van der Waals surface area contributed by atoms with Gasteiger partial charge in [0.2, 0.25) is 5.82 Å². The molecule has 1 aromatic carbocycles. The number of nitrogens with one attached hydrogen (secondary N) is 1. The number of H-pyrrole nitrogens is 1. The van der Waals surface area contributed by atoms with Crippen LogP contribution in [0.4, 0.5) is 14.5 Å². The van der Waals surface area contributed by atoms with E-state index in [4.69, 9.17) is 5.73 Å². The number of nitrogens with zero attached hydrogens (tertiary/aromatic N) is 1. The molecule has 1 aromatic heterocycles. The average molecular weight is 253 g/mol. The van der Waals surface area contributed by atoms with Crippen LogP contribution in [0.1, 0.15) is 5.56 Å². The van der Waals surface area contributed by atoms with Gasteiger partial charge in [0.25, 0.3) is 5.56 Å². The van der Waals surface area contributed by atoms with Gasteiger partial charge in [-0.25, -0.2) is 9.18 Å². The van der Waals surface area contributed by atoms with Crippen LogP contribution in [0, 0.1) is 11.6 Å². The van der Waals surface area contributed by atoms with E-state index in [1.54, 1.807) is 4.98 Å². The Balaban J connectivity index is 2.47. The van der Waals surface area contributed by atoms with Gasteiger partial charge in [-0.15, -0.1) is 0 Å². The summed E-state index contributed by atoms with van der Waals surface area (Å²) in [4.78, 5) is 24.0. The highest BCUT2D eigenvalue weighted by atomic mass is 19.1. The predicted octanol–water partition coefficient (Wildman–Crippen LogP) is 0.445. The molecule has 0 fully saturated rings. The molecule has 2 rings (SSSR count). The SMILES string of the molecule is Nc1cccc(Cn2cc(F)c(=O)[nH]c2=O)c1F. The Hall–Kier alpha value is -2.44. The van der Waals surface area contributed by atoms with Gasteiger partial charge in [-0.05, 0) is 6.07 Å². The Bertz CT molecular complexity index is 706. The van der Waals surface area contributed by atoms with Gasteiger partial charge in [0.05, 0.1) is 18.4 Å². The molecule has 94 valence electrons. The molecule has 0 bridgehead atoms. The fourth-order valence-electron chi connectivity index (χ4n) is 1.51. The fourth-order valence-corrected chi connectivity index (χ4v) is 1.51. The highest BCUT2D eigenvalue weighted by molar-refractivity contribution is 5.42. The Morgan fingerprint density at radius 2 is 2.00 bits per heavy atom. The lowest BCUT2D eigenvalue weighted by Gasteiger charge is -2.07. The smallest absolute Gasteiger partial charge is 0.328 e. The number of hydrogen-bond acceptors (Lipinski definition) is 3. The van der Waals surface area contributed by atoms with Gasteiger partial charge in [-0.2, -0.15) is 4.39 Å². The minimum Gasteiger partial charge on any atom is -0.396 e. The van der Waals surface area contributed by atoms with Crippen LogP contribution < -0.4 is 17.0 Å². The zero-order valence-corrected chi connectivity index (χ0v) is 9.11. The second kappa shape index (κ2) is 4.44. The number of rotatable bonds is 2. The van der Waals surface area contributed by atoms with E-state index in [2.05, 4.69) is 0 Å². The van der Waals surface area contributed by atoms with E-state index in [1.165, 1.54) is 18.2 Å². The molecule has 0 atom stereocenters. The van der Waals surface area contributed by atoms with E-state index in [9.17, 15) is 18.4 Å². The van der Waals surface area contributed by atoms with Gasteiger partial charge in [-0.1, -0.05) is 12.1 Å². The third kappa shape index (κ3) is 2.15. The van der Waals surface area contributed by atoms with E-state index >= 15 is 0 Å². The molecule has 7 heteroatoms. The summed E-state index contributed by atoms with van der Waals surface area (Å²) in [6.07, 6.45) is 0.726. The van der Waals surface area contributed by atoms with Gasteiger partial charge < -0.3 is 5.73 Å². The van der Waals surface area contributed by atoms with Gasteiger partial charge in [0.1, 0.15) is 0 Å². The molecule has 2 aromatic rings. The lowest BCUT2D eigenvalue weighted by Crippen LogP contribution is -2.31. The van der Waals surface area contributed by atoms with Crippen molar-refractivity contribution in [2.75, 3.05) is 5.73 Å². The minimum atomic E-state index is -1.11. The number of hydrogen-bond donors (Lipinski definition) is 2. The summed E-state index contributed by atoms with van der Waals surface area (Å²) in [6, 6.07) is 4.30. The van der Waals surface area contributed by atoms with Crippen molar-refractivity contribution in [3.05, 3.63) is 62.4 Å². The molecule has 0 unspecified atom stereocenters. The first-order chi connectivity index (χ1) is 8.49. The Morgan fingerprint density at radius 3 is 2.72 bits per heavy atom. The first-order valence-electron chi connectivity index (χ1n) is 5.01. The van der Waals surface area contributed by atoms with Gasteiger partial charge in [0.15, 0.2) is 5.82 Å². The number of nitrogens with two attached hydrogens (primary N) is 1. The number of halogens is 2. The second-order valence-electron chi connectivity index (χ2n) is 3.68. The van der Waals surface area contributed by atoms with Crippen LogP contribution in [0.2, 0.25) is 0 Å². The summed E-state index contributed by atoms with van der Waals surface area (Å²) in [6.45, 7) is -0.219. The maximum atomic E-state index is 13.6. The van der Waals surface area contributed by atoms with Crippen molar-refractivity contribution in [3.8, 4) is 0 Å². The Morgan fingerprint density at radius 1 is 1.28 bits per heavy atom. The largest absolute Gasteiger partial charge is 0.396 e. The first-order valence-corrected chi connectivity index (χ1v) is 5.01. The highest BCUT2D eigenvalue weighted by Gasteiger charge is 2.09. The fraction of sp³-hybridized carbons (Fsp3) is 0.0909. The van der Waals surface area contributed by atoms with Crippen LogP contribution in [0.3, 0.4) is 0 Å². The van der Waals surface area contributed by atoms with Crippen molar-refractivity contribution in [1.82, 2.24) is 9.55 Å². The topological polar surface area (TPSA) is 80.9 Å². The third-order valence-electron chi connectivity index (χ3n) is 2.42. The van der Waals surface area contributed by atoms with Crippen LogP contribution in [-0.2, 0) is 6.54 Å². The summed E-state index contributed by atoms with van der Waals surface area (Å²) in [5.74, 6) is -1.78.